The third kappa shape index (κ3) is 3.20. The molecule has 0 saturated carbocycles. The molecule has 0 bridgehead atoms. The second kappa shape index (κ2) is 5.97. The van der Waals surface area contributed by atoms with Crippen LogP contribution in [0, 0.1) is 0 Å². The van der Waals surface area contributed by atoms with E-state index in [1.54, 1.807) is 18.2 Å². The fraction of sp³-hybridized carbons (Fsp3) is 0.133. The smallest absolute Gasteiger partial charge is 0.250 e. The second-order valence-electron chi connectivity index (χ2n) is 4.25. The number of rotatable bonds is 5. The van der Waals surface area contributed by atoms with Gasteiger partial charge in [0.25, 0.3) is 5.91 Å². The maximum Gasteiger partial charge on any atom is 0.250 e. The van der Waals surface area contributed by atoms with Gasteiger partial charge < -0.3 is 21.5 Å². The molecule has 104 valence electrons. The summed E-state index contributed by atoms with van der Waals surface area (Å²) >= 11 is 0. The standard InChI is InChI=1S/C15H17N3O2/c1-2-20-12-6-4-11(5-7-12)18-14-9-10(16)3-8-13(14)15(17)19/h3-9,18H,2,16H2,1H3,(H2,17,19). The van der Waals surface area contributed by atoms with Gasteiger partial charge in [-0.15, -0.1) is 0 Å². The van der Waals surface area contributed by atoms with Crippen LogP contribution in [0.4, 0.5) is 17.1 Å². The highest BCUT2D eigenvalue weighted by atomic mass is 16.5. The fourth-order valence-corrected chi connectivity index (χ4v) is 1.84. The normalized spacial score (nSPS) is 10.1. The van der Waals surface area contributed by atoms with Crippen LogP contribution in [0.25, 0.3) is 0 Å². The molecule has 5 N–H and O–H groups in total. The van der Waals surface area contributed by atoms with Crippen molar-refractivity contribution in [2.75, 3.05) is 17.7 Å². The number of carbonyl (C=O) groups excluding carboxylic acids is 1. The van der Waals surface area contributed by atoms with Gasteiger partial charge in [-0.05, 0) is 49.4 Å². The van der Waals surface area contributed by atoms with Crippen molar-refractivity contribution in [2.45, 2.75) is 6.92 Å². The first-order valence-corrected chi connectivity index (χ1v) is 6.29. The van der Waals surface area contributed by atoms with Gasteiger partial charge in [-0.1, -0.05) is 0 Å². The van der Waals surface area contributed by atoms with E-state index >= 15 is 0 Å². The molecule has 0 fully saturated rings. The Morgan fingerprint density at radius 1 is 1.20 bits per heavy atom. The van der Waals surface area contributed by atoms with Crippen molar-refractivity contribution in [3.8, 4) is 5.75 Å². The molecule has 0 aliphatic carbocycles. The lowest BCUT2D eigenvalue weighted by atomic mass is 10.1. The zero-order valence-corrected chi connectivity index (χ0v) is 11.2. The minimum absolute atomic E-state index is 0.396. The summed E-state index contributed by atoms with van der Waals surface area (Å²) in [5.41, 5.74) is 13.4. The van der Waals surface area contributed by atoms with E-state index in [-0.39, 0.29) is 0 Å². The number of carbonyl (C=O) groups is 1. The molecule has 2 aromatic rings. The van der Waals surface area contributed by atoms with Crippen molar-refractivity contribution < 1.29 is 9.53 Å². The highest BCUT2D eigenvalue weighted by molar-refractivity contribution is 5.99. The zero-order chi connectivity index (χ0) is 14.5. The Labute approximate surface area is 117 Å². The number of hydrogen-bond donors (Lipinski definition) is 3. The molecule has 0 heterocycles. The van der Waals surface area contributed by atoms with Crippen LogP contribution in [0.1, 0.15) is 17.3 Å². The highest BCUT2D eigenvalue weighted by Gasteiger charge is 2.08. The Bertz CT molecular complexity index is 609. The van der Waals surface area contributed by atoms with Crippen molar-refractivity contribution >= 4 is 23.0 Å². The number of amides is 1. The molecule has 0 aliphatic heterocycles. The first-order chi connectivity index (χ1) is 9.60. The molecule has 0 aliphatic rings. The minimum atomic E-state index is -0.501. The number of hydrogen-bond acceptors (Lipinski definition) is 4. The molecule has 20 heavy (non-hydrogen) atoms. The van der Waals surface area contributed by atoms with Gasteiger partial charge in [0, 0.05) is 11.4 Å². The number of benzene rings is 2. The van der Waals surface area contributed by atoms with Crippen molar-refractivity contribution in [1.82, 2.24) is 0 Å². The largest absolute Gasteiger partial charge is 0.494 e. The third-order valence-electron chi connectivity index (χ3n) is 2.75. The molecule has 5 nitrogen and oxygen atoms in total. The first kappa shape index (κ1) is 13.7. The first-order valence-electron chi connectivity index (χ1n) is 6.29. The molecule has 1 amide bonds. The van der Waals surface area contributed by atoms with Gasteiger partial charge in [0.2, 0.25) is 0 Å². The van der Waals surface area contributed by atoms with Gasteiger partial charge in [-0.2, -0.15) is 0 Å². The van der Waals surface area contributed by atoms with E-state index in [4.69, 9.17) is 16.2 Å². The lowest BCUT2D eigenvalue weighted by Gasteiger charge is -2.11. The zero-order valence-electron chi connectivity index (χ0n) is 11.2. The van der Waals surface area contributed by atoms with Gasteiger partial charge in [0.05, 0.1) is 17.9 Å². The molecular formula is C15H17N3O2. The number of nitrogens with one attached hydrogen (secondary N) is 1. The summed E-state index contributed by atoms with van der Waals surface area (Å²) < 4.78 is 5.37. The van der Waals surface area contributed by atoms with Crippen LogP contribution >= 0.6 is 0 Å². The Kier molecular flexibility index (Phi) is 4.10. The highest BCUT2D eigenvalue weighted by Crippen LogP contribution is 2.24. The number of primary amides is 1. The lowest BCUT2D eigenvalue weighted by Crippen LogP contribution is -2.13. The van der Waals surface area contributed by atoms with Gasteiger partial charge in [0.1, 0.15) is 5.75 Å². The van der Waals surface area contributed by atoms with E-state index in [9.17, 15) is 4.79 Å². The molecule has 0 saturated heterocycles. The van der Waals surface area contributed by atoms with Crippen LogP contribution in [0.3, 0.4) is 0 Å². The molecule has 0 aromatic heterocycles. The molecule has 5 heteroatoms. The molecule has 0 radical (unpaired) electrons. The number of nitrogens with two attached hydrogens (primary N) is 2. The average Bonchev–Trinajstić information content (AvgIpc) is 2.41. The average molecular weight is 271 g/mol. The van der Waals surface area contributed by atoms with Crippen molar-refractivity contribution in [3.05, 3.63) is 48.0 Å². The predicted molar refractivity (Wildman–Crippen MR) is 80.3 cm³/mol. The number of ether oxygens (including phenoxy) is 1. The van der Waals surface area contributed by atoms with E-state index < -0.39 is 5.91 Å². The van der Waals surface area contributed by atoms with E-state index in [0.717, 1.165) is 11.4 Å². The molecule has 2 rings (SSSR count). The summed E-state index contributed by atoms with van der Waals surface area (Å²) in [5, 5.41) is 3.13. The summed E-state index contributed by atoms with van der Waals surface area (Å²) in [6, 6.07) is 12.3. The van der Waals surface area contributed by atoms with Crippen molar-refractivity contribution in [3.63, 3.8) is 0 Å². The van der Waals surface area contributed by atoms with Crippen LogP contribution in [-0.4, -0.2) is 12.5 Å². The van der Waals surface area contributed by atoms with Gasteiger partial charge in [0.15, 0.2) is 0 Å². The fourth-order valence-electron chi connectivity index (χ4n) is 1.84. The van der Waals surface area contributed by atoms with E-state index in [0.29, 0.717) is 23.5 Å². The quantitative estimate of drug-likeness (QED) is 0.729. The van der Waals surface area contributed by atoms with Crippen LogP contribution in [0.2, 0.25) is 0 Å². The van der Waals surface area contributed by atoms with Crippen molar-refractivity contribution in [2.24, 2.45) is 5.73 Å². The summed E-state index contributed by atoms with van der Waals surface area (Å²) in [6.45, 7) is 2.55. The molecule has 0 unspecified atom stereocenters. The molecule has 0 spiro atoms. The SMILES string of the molecule is CCOc1ccc(Nc2cc(N)ccc2C(N)=O)cc1. The van der Waals surface area contributed by atoms with Crippen LogP contribution in [0.5, 0.6) is 5.75 Å². The Balaban J connectivity index is 2.25. The number of nitrogen functional groups attached to an aromatic ring is 1. The van der Waals surface area contributed by atoms with Gasteiger partial charge >= 0.3 is 0 Å². The molecule has 0 atom stereocenters. The number of anilines is 3. The summed E-state index contributed by atoms with van der Waals surface area (Å²) in [5.74, 6) is 0.291. The predicted octanol–water partition coefficient (Wildman–Crippen LogP) is 2.51. The Morgan fingerprint density at radius 3 is 2.50 bits per heavy atom. The van der Waals surface area contributed by atoms with E-state index in [2.05, 4.69) is 5.32 Å². The second-order valence-corrected chi connectivity index (χ2v) is 4.25. The van der Waals surface area contributed by atoms with Crippen LogP contribution in [0.15, 0.2) is 42.5 Å². The summed E-state index contributed by atoms with van der Waals surface area (Å²) in [4.78, 5) is 11.4. The summed E-state index contributed by atoms with van der Waals surface area (Å²) in [6.07, 6.45) is 0. The molecular weight excluding hydrogens is 254 g/mol. The Morgan fingerprint density at radius 2 is 1.90 bits per heavy atom. The lowest BCUT2D eigenvalue weighted by molar-refractivity contribution is 0.100. The maximum atomic E-state index is 11.4. The topological polar surface area (TPSA) is 90.4 Å². The van der Waals surface area contributed by atoms with Crippen molar-refractivity contribution in [1.29, 1.82) is 0 Å². The Hall–Kier alpha value is -2.69. The molecule has 2 aromatic carbocycles. The monoisotopic (exact) mass is 271 g/mol. The van der Waals surface area contributed by atoms with E-state index in [1.807, 2.05) is 31.2 Å². The van der Waals surface area contributed by atoms with Gasteiger partial charge in [-0.25, -0.2) is 0 Å². The summed E-state index contributed by atoms with van der Waals surface area (Å²) in [7, 11) is 0. The maximum absolute atomic E-state index is 11.4. The van der Waals surface area contributed by atoms with Gasteiger partial charge in [-0.3, -0.25) is 4.79 Å². The van der Waals surface area contributed by atoms with Crippen LogP contribution < -0.4 is 21.5 Å². The van der Waals surface area contributed by atoms with Crippen LogP contribution in [-0.2, 0) is 0 Å². The minimum Gasteiger partial charge on any atom is -0.494 e. The van der Waals surface area contributed by atoms with E-state index in [1.165, 1.54) is 0 Å². The third-order valence-corrected chi connectivity index (χ3v) is 2.75.